The van der Waals surface area contributed by atoms with Crippen molar-refractivity contribution in [2.75, 3.05) is 9.80 Å². The fraction of sp³-hybridized carbons (Fsp3) is 0.107. The summed E-state index contributed by atoms with van der Waals surface area (Å²) in [4.78, 5) is 4.67. The summed E-state index contributed by atoms with van der Waals surface area (Å²) in [6.45, 7) is 13.1. The van der Waals surface area contributed by atoms with Gasteiger partial charge in [0.25, 0.3) is 0 Å². The molecule has 0 saturated carbocycles. The molecule has 60 heavy (non-hydrogen) atoms. The Bertz CT molecular complexity index is 3230. The Kier molecular flexibility index (Phi) is 8.15. The maximum Gasteiger partial charge on any atom is 0.178 e. The van der Waals surface area contributed by atoms with Crippen LogP contribution in [0.5, 0.6) is 0 Å². The van der Waals surface area contributed by atoms with E-state index in [4.69, 9.17) is 8.83 Å². The minimum Gasteiger partial charge on any atom is -0.452 e. The van der Waals surface area contributed by atoms with E-state index in [9.17, 15) is 0 Å². The number of anilines is 6. The minimum atomic E-state index is 0.797. The van der Waals surface area contributed by atoms with Crippen LogP contribution in [0.3, 0.4) is 0 Å². The van der Waals surface area contributed by atoms with Crippen LogP contribution in [0.15, 0.2) is 167 Å². The van der Waals surface area contributed by atoms with Gasteiger partial charge in [-0.05, 0) is 194 Å². The third-order valence-electron chi connectivity index (χ3n) is 12.3. The Morgan fingerprint density at radius 2 is 0.700 bits per heavy atom. The highest BCUT2D eigenvalue weighted by molar-refractivity contribution is 6.23. The normalized spacial score (nSPS) is 11.8. The predicted octanol–water partition coefficient (Wildman–Crippen LogP) is 16.6. The molecule has 0 radical (unpaired) electrons. The fourth-order valence-corrected chi connectivity index (χ4v) is 9.58. The molecule has 0 aliphatic heterocycles. The van der Waals surface area contributed by atoms with Crippen LogP contribution in [0, 0.1) is 41.5 Å². The van der Waals surface area contributed by atoms with E-state index in [1.807, 2.05) is 0 Å². The SMILES string of the molecule is Cc1cc(C)cc(N(c2ccccc2)c2ccc3cc4c(cc3c2)oc2c3oc5cc6cc(N(c7ccccc7)c7cc(C)cc(C)c7)ccc6cc5c3c(C)c(C)c42)c1. The lowest BCUT2D eigenvalue weighted by molar-refractivity contribution is 0.633. The number of nitrogens with zero attached hydrogens (tertiary/aromatic N) is 2. The summed E-state index contributed by atoms with van der Waals surface area (Å²) in [5.74, 6) is 0. The van der Waals surface area contributed by atoms with E-state index in [1.165, 1.54) is 33.4 Å². The molecule has 4 nitrogen and oxygen atoms in total. The van der Waals surface area contributed by atoms with Crippen LogP contribution < -0.4 is 9.80 Å². The zero-order valence-corrected chi connectivity index (χ0v) is 34.7. The van der Waals surface area contributed by atoms with Gasteiger partial charge >= 0.3 is 0 Å². The Hall–Kier alpha value is -7.30. The van der Waals surface area contributed by atoms with Gasteiger partial charge in [0.15, 0.2) is 11.2 Å². The largest absolute Gasteiger partial charge is 0.452 e. The van der Waals surface area contributed by atoms with Gasteiger partial charge in [0.2, 0.25) is 0 Å². The zero-order chi connectivity index (χ0) is 40.8. The van der Waals surface area contributed by atoms with Crippen molar-refractivity contribution < 1.29 is 8.83 Å². The van der Waals surface area contributed by atoms with Crippen molar-refractivity contribution in [1.29, 1.82) is 0 Å². The Morgan fingerprint density at radius 1 is 0.317 bits per heavy atom. The molecular weight excluding hydrogens is 733 g/mol. The predicted molar refractivity (Wildman–Crippen MR) is 254 cm³/mol. The molecule has 11 rings (SSSR count). The Morgan fingerprint density at radius 3 is 1.08 bits per heavy atom. The van der Waals surface area contributed by atoms with Crippen LogP contribution in [-0.4, -0.2) is 0 Å². The number of rotatable bonds is 6. The van der Waals surface area contributed by atoms with Gasteiger partial charge in [0.1, 0.15) is 11.2 Å². The van der Waals surface area contributed by atoms with Crippen LogP contribution in [0.2, 0.25) is 0 Å². The Balaban J connectivity index is 1.07. The van der Waals surface area contributed by atoms with E-state index < -0.39 is 0 Å². The topological polar surface area (TPSA) is 32.8 Å². The molecule has 0 bridgehead atoms. The number of para-hydroxylation sites is 2. The fourth-order valence-electron chi connectivity index (χ4n) is 9.58. The molecule has 0 fully saturated rings. The highest BCUT2D eigenvalue weighted by Gasteiger charge is 2.23. The first-order valence-electron chi connectivity index (χ1n) is 20.7. The van der Waals surface area contributed by atoms with Crippen LogP contribution in [0.4, 0.5) is 34.1 Å². The van der Waals surface area contributed by atoms with E-state index in [1.54, 1.807) is 0 Å². The summed E-state index contributed by atoms with van der Waals surface area (Å²) in [5.41, 5.74) is 17.4. The van der Waals surface area contributed by atoms with Crippen molar-refractivity contribution in [3.63, 3.8) is 0 Å². The van der Waals surface area contributed by atoms with Gasteiger partial charge in [-0.25, -0.2) is 0 Å². The summed E-state index contributed by atoms with van der Waals surface area (Å²) in [6, 6.07) is 57.1. The van der Waals surface area contributed by atoms with Crippen molar-refractivity contribution in [2.24, 2.45) is 0 Å². The van der Waals surface area contributed by atoms with Crippen molar-refractivity contribution in [3.8, 4) is 0 Å². The lowest BCUT2D eigenvalue weighted by Crippen LogP contribution is -2.10. The molecule has 2 aromatic heterocycles. The van der Waals surface area contributed by atoms with E-state index in [0.717, 1.165) is 99.5 Å². The number of benzene rings is 9. The number of aryl methyl sites for hydroxylation is 6. The molecule has 0 amide bonds. The molecule has 0 spiro atoms. The van der Waals surface area contributed by atoms with Crippen LogP contribution in [-0.2, 0) is 0 Å². The summed E-state index contributed by atoms with van der Waals surface area (Å²) in [7, 11) is 0. The van der Waals surface area contributed by atoms with Crippen LogP contribution in [0.1, 0.15) is 33.4 Å². The second-order valence-corrected chi connectivity index (χ2v) is 16.7. The molecule has 4 heteroatoms. The van der Waals surface area contributed by atoms with Crippen molar-refractivity contribution in [3.05, 3.63) is 191 Å². The number of fused-ring (bicyclic) bond motifs is 9. The molecule has 0 N–H and O–H groups in total. The highest BCUT2D eigenvalue weighted by Crippen LogP contribution is 2.46. The zero-order valence-electron chi connectivity index (χ0n) is 34.7. The average Bonchev–Trinajstić information content (AvgIpc) is 3.79. The summed E-state index contributed by atoms with van der Waals surface area (Å²) in [5, 5.41) is 8.99. The van der Waals surface area contributed by atoms with E-state index >= 15 is 0 Å². The van der Waals surface area contributed by atoms with Gasteiger partial charge in [-0.1, -0.05) is 60.7 Å². The van der Waals surface area contributed by atoms with E-state index in [2.05, 4.69) is 209 Å². The summed E-state index contributed by atoms with van der Waals surface area (Å²) in [6.07, 6.45) is 0. The smallest absolute Gasteiger partial charge is 0.178 e. The third kappa shape index (κ3) is 5.82. The molecule has 0 atom stereocenters. The van der Waals surface area contributed by atoms with Crippen molar-refractivity contribution in [1.82, 2.24) is 0 Å². The lowest BCUT2D eigenvalue weighted by atomic mass is 9.96. The van der Waals surface area contributed by atoms with E-state index in [0.29, 0.717) is 0 Å². The van der Waals surface area contributed by atoms with Gasteiger partial charge in [-0.15, -0.1) is 0 Å². The van der Waals surface area contributed by atoms with Gasteiger partial charge < -0.3 is 18.6 Å². The van der Waals surface area contributed by atoms with Gasteiger partial charge in [0.05, 0.1) is 0 Å². The number of hydrogen-bond donors (Lipinski definition) is 0. The van der Waals surface area contributed by atoms with Crippen molar-refractivity contribution >= 4 is 99.5 Å². The molecule has 0 saturated heterocycles. The Labute approximate surface area is 349 Å². The average molecular weight is 777 g/mol. The minimum absolute atomic E-state index is 0.797. The van der Waals surface area contributed by atoms with Crippen molar-refractivity contribution in [2.45, 2.75) is 41.5 Å². The molecule has 0 aliphatic rings. The highest BCUT2D eigenvalue weighted by atomic mass is 16.4. The lowest BCUT2D eigenvalue weighted by Gasteiger charge is -2.26. The third-order valence-corrected chi connectivity index (χ3v) is 12.3. The molecular formula is C56H44N2O2. The quantitative estimate of drug-likeness (QED) is 0.168. The standard InChI is InChI=1S/C56H44N2O2/c1-33-21-34(2)24-47(23-33)57(43-13-9-7-10-14-43)45-19-17-39-29-49-51(31-41(39)27-45)59-55-53(49)37(5)38(6)54-50-30-40-18-20-46(28-42(40)32-52(50)60-56(54)55)58(44-15-11-8-12-16-44)48-25-35(3)22-36(4)26-48/h7-32H,1-6H3. The maximum atomic E-state index is 6.89. The monoisotopic (exact) mass is 776 g/mol. The summed E-state index contributed by atoms with van der Waals surface area (Å²) >= 11 is 0. The molecule has 11 aromatic rings. The summed E-state index contributed by atoms with van der Waals surface area (Å²) < 4.78 is 13.8. The van der Waals surface area contributed by atoms with E-state index in [-0.39, 0.29) is 0 Å². The molecule has 0 unspecified atom stereocenters. The maximum absolute atomic E-state index is 6.89. The number of hydrogen-bond acceptors (Lipinski definition) is 4. The molecule has 2 heterocycles. The van der Waals surface area contributed by atoms with Gasteiger partial charge in [0, 0.05) is 55.7 Å². The molecule has 0 aliphatic carbocycles. The van der Waals surface area contributed by atoms with Crippen LogP contribution in [0.25, 0.3) is 65.4 Å². The van der Waals surface area contributed by atoms with Gasteiger partial charge in [-0.3, -0.25) is 0 Å². The van der Waals surface area contributed by atoms with Gasteiger partial charge in [-0.2, -0.15) is 0 Å². The first-order valence-corrected chi connectivity index (χ1v) is 20.7. The first kappa shape index (κ1) is 35.8. The second-order valence-electron chi connectivity index (χ2n) is 16.7. The van der Waals surface area contributed by atoms with Crippen LogP contribution >= 0.6 is 0 Å². The molecule has 9 aromatic carbocycles. The number of furan rings is 2. The second kappa shape index (κ2) is 13.6. The molecule has 290 valence electrons. The first-order chi connectivity index (χ1) is 29.2.